The van der Waals surface area contributed by atoms with Gasteiger partial charge in [0.25, 0.3) is 5.91 Å². The van der Waals surface area contributed by atoms with Gasteiger partial charge >= 0.3 is 0 Å². The molecule has 0 spiro atoms. The molecule has 0 atom stereocenters. The summed E-state index contributed by atoms with van der Waals surface area (Å²) in [4.78, 5) is 16.3. The fourth-order valence-electron chi connectivity index (χ4n) is 1.99. The van der Waals surface area contributed by atoms with Gasteiger partial charge in [-0.15, -0.1) is 11.3 Å². The fraction of sp³-hybridized carbons (Fsp3) is 0.200. The zero-order chi connectivity index (χ0) is 16.2. The van der Waals surface area contributed by atoms with Gasteiger partial charge in [-0.1, -0.05) is 23.9 Å². The number of aromatic nitrogens is 3. The molecule has 0 fully saturated rings. The van der Waals surface area contributed by atoms with E-state index in [1.165, 1.54) is 11.8 Å². The number of fused-ring (bicyclic) bond motifs is 1. The third-order valence-electron chi connectivity index (χ3n) is 3.05. The number of nitrogens with one attached hydrogen (secondary N) is 1. The molecule has 3 rings (SSSR count). The van der Waals surface area contributed by atoms with Gasteiger partial charge in [-0.2, -0.15) is 10.2 Å². The quantitative estimate of drug-likeness (QED) is 0.438. The molecule has 6 nitrogen and oxygen atoms in total. The molecule has 0 radical (unpaired) electrons. The summed E-state index contributed by atoms with van der Waals surface area (Å²) in [6.45, 7) is 1.89. The second-order valence-electron chi connectivity index (χ2n) is 4.87. The van der Waals surface area contributed by atoms with E-state index < -0.39 is 0 Å². The SMILES string of the molecule is Cc1nn(C)cc1/C=N/NC(=O)CSc1nc2ccccc2s1. The van der Waals surface area contributed by atoms with Crippen LogP contribution in [0.2, 0.25) is 0 Å². The van der Waals surface area contributed by atoms with Crippen molar-refractivity contribution in [2.75, 3.05) is 5.75 Å². The summed E-state index contributed by atoms with van der Waals surface area (Å²) in [5, 5.41) is 8.17. The normalized spacial score (nSPS) is 11.4. The lowest BCUT2D eigenvalue weighted by molar-refractivity contribution is -0.118. The van der Waals surface area contributed by atoms with Gasteiger partial charge in [0.2, 0.25) is 0 Å². The summed E-state index contributed by atoms with van der Waals surface area (Å²) in [6, 6.07) is 7.93. The number of para-hydroxylation sites is 1. The highest BCUT2D eigenvalue weighted by atomic mass is 32.2. The Morgan fingerprint density at radius 1 is 1.48 bits per heavy atom. The van der Waals surface area contributed by atoms with E-state index in [0.29, 0.717) is 0 Å². The number of benzene rings is 1. The molecule has 0 saturated heterocycles. The van der Waals surface area contributed by atoms with Crippen LogP contribution in [0, 0.1) is 6.92 Å². The monoisotopic (exact) mass is 345 g/mol. The number of hydrogen-bond donors (Lipinski definition) is 1. The van der Waals surface area contributed by atoms with E-state index in [1.807, 2.05) is 44.4 Å². The molecule has 0 saturated carbocycles. The molecule has 1 aromatic carbocycles. The highest BCUT2D eigenvalue weighted by Gasteiger charge is 2.07. The summed E-state index contributed by atoms with van der Waals surface area (Å²) in [6.07, 6.45) is 3.45. The van der Waals surface area contributed by atoms with Crippen LogP contribution in [0.1, 0.15) is 11.3 Å². The van der Waals surface area contributed by atoms with Crippen molar-refractivity contribution in [2.24, 2.45) is 12.1 Å². The van der Waals surface area contributed by atoms with Crippen LogP contribution >= 0.6 is 23.1 Å². The Labute approximate surface area is 141 Å². The first kappa shape index (κ1) is 15.7. The molecule has 0 aliphatic rings. The zero-order valence-corrected chi connectivity index (χ0v) is 14.3. The van der Waals surface area contributed by atoms with E-state index in [1.54, 1.807) is 22.2 Å². The molecule has 23 heavy (non-hydrogen) atoms. The second kappa shape index (κ2) is 6.93. The maximum atomic E-state index is 11.8. The Kier molecular flexibility index (Phi) is 4.73. The number of hydrazone groups is 1. The van der Waals surface area contributed by atoms with Crippen molar-refractivity contribution in [3.8, 4) is 0 Å². The maximum absolute atomic E-state index is 11.8. The summed E-state index contributed by atoms with van der Waals surface area (Å²) < 4.78 is 3.72. The first-order valence-electron chi connectivity index (χ1n) is 6.92. The lowest BCUT2D eigenvalue weighted by Gasteiger charge is -1.97. The van der Waals surface area contributed by atoms with Crippen molar-refractivity contribution in [2.45, 2.75) is 11.3 Å². The van der Waals surface area contributed by atoms with Crippen molar-refractivity contribution in [1.29, 1.82) is 0 Å². The number of hydrogen-bond acceptors (Lipinski definition) is 6. The van der Waals surface area contributed by atoms with Gasteiger partial charge in [-0.25, -0.2) is 10.4 Å². The van der Waals surface area contributed by atoms with Gasteiger partial charge in [0.1, 0.15) is 0 Å². The Balaban J connectivity index is 1.52. The minimum Gasteiger partial charge on any atom is -0.275 e. The molecule has 3 aromatic rings. The minimum atomic E-state index is -0.160. The Morgan fingerprint density at radius 3 is 3.04 bits per heavy atom. The average Bonchev–Trinajstić information content (AvgIpc) is 3.08. The van der Waals surface area contributed by atoms with Crippen LogP contribution in [0.5, 0.6) is 0 Å². The highest BCUT2D eigenvalue weighted by molar-refractivity contribution is 8.01. The molecule has 2 aromatic heterocycles. The number of rotatable bonds is 5. The third kappa shape index (κ3) is 3.96. The van der Waals surface area contributed by atoms with Crippen LogP contribution in [-0.4, -0.2) is 32.6 Å². The first-order valence-corrected chi connectivity index (χ1v) is 8.72. The number of nitrogens with zero attached hydrogens (tertiary/aromatic N) is 4. The number of thiazole rings is 1. The molecular formula is C15H15N5OS2. The lowest BCUT2D eigenvalue weighted by Crippen LogP contribution is -2.19. The van der Waals surface area contributed by atoms with Crippen LogP contribution in [0.25, 0.3) is 10.2 Å². The van der Waals surface area contributed by atoms with Crippen LogP contribution in [0.4, 0.5) is 0 Å². The number of carbonyl (C=O) groups excluding carboxylic acids is 1. The molecule has 2 heterocycles. The Bertz CT molecular complexity index is 835. The highest BCUT2D eigenvalue weighted by Crippen LogP contribution is 2.28. The number of carbonyl (C=O) groups is 1. The van der Waals surface area contributed by atoms with Gasteiger partial charge in [-0.3, -0.25) is 9.48 Å². The second-order valence-corrected chi connectivity index (χ2v) is 7.13. The molecule has 1 amide bonds. The topological polar surface area (TPSA) is 72.2 Å². The molecule has 8 heteroatoms. The number of amides is 1. The van der Waals surface area contributed by atoms with Gasteiger partial charge < -0.3 is 0 Å². The van der Waals surface area contributed by atoms with E-state index in [0.717, 1.165) is 25.8 Å². The average molecular weight is 345 g/mol. The van der Waals surface area contributed by atoms with E-state index in [-0.39, 0.29) is 11.7 Å². The van der Waals surface area contributed by atoms with Gasteiger partial charge in [-0.05, 0) is 19.1 Å². The molecule has 0 aliphatic heterocycles. The molecule has 0 aliphatic carbocycles. The van der Waals surface area contributed by atoms with Crippen molar-refractivity contribution in [1.82, 2.24) is 20.2 Å². The van der Waals surface area contributed by atoms with Crippen molar-refractivity contribution in [3.05, 3.63) is 41.7 Å². The fourth-order valence-corrected chi connectivity index (χ4v) is 3.85. The van der Waals surface area contributed by atoms with E-state index in [9.17, 15) is 4.79 Å². The van der Waals surface area contributed by atoms with Crippen LogP contribution in [0.3, 0.4) is 0 Å². The third-order valence-corrected chi connectivity index (χ3v) is 5.22. The number of thioether (sulfide) groups is 1. The minimum absolute atomic E-state index is 0.160. The van der Waals surface area contributed by atoms with Crippen LogP contribution in [0.15, 0.2) is 39.9 Å². The molecule has 118 valence electrons. The Morgan fingerprint density at radius 2 is 2.30 bits per heavy atom. The predicted octanol–water partition coefficient (Wildman–Crippen LogP) is 2.58. The van der Waals surface area contributed by atoms with Gasteiger partial charge in [0, 0.05) is 18.8 Å². The molecular weight excluding hydrogens is 330 g/mol. The summed E-state index contributed by atoms with van der Waals surface area (Å²) in [7, 11) is 1.84. The lowest BCUT2D eigenvalue weighted by atomic mass is 10.3. The Hall–Kier alpha value is -2.19. The van der Waals surface area contributed by atoms with E-state index in [2.05, 4.69) is 20.6 Å². The smallest absolute Gasteiger partial charge is 0.250 e. The van der Waals surface area contributed by atoms with E-state index in [4.69, 9.17) is 0 Å². The summed E-state index contributed by atoms with van der Waals surface area (Å²) >= 11 is 3.00. The van der Waals surface area contributed by atoms with Gasteiger partial charge in [0.15, 0.2) is 4.34 Å². The van der Waals surface area contributed by atoms with Crippen molar-refractivity contribution < 1.29 is 4.79 Å². The van der Waals surface area contributed by atoms with E-state index >= 15 is 0 Å². The van der Waals surface area contributed by atoms with Crippen LogP contribution in [-0.2, 0) is 11.8 Å². The maximum Gasteiger partial charge on any atom is 0.250 e. The summed E-state index contributed by atoms with van der Waals surface area (Å²) in [5.74, 6) is 0.121. The largest absolute Gasteiger partial charge is 0.275 e. The number of aryl methyl sites for hydroxylation is 2. The first-order chi connectivity index (χ1) is 11.1. The van der Waals surface area contributed by atoms with Crippen LogP contribution < -0.4 is 5.43 Å². The van der Waals surface area contributed by atoms with Crippen molar-refractivity contribution >= 4 is 45.4 Å². The molecule has 0 unspecified atom stereocenters. The predicted molar refractivity (Wildman–Crippen MR) is 94.0 cm³/mol. The summed E-state index contributed by atoms with van der Waals surface area (Å²) in [5.41, 5.74) is 5.24. The molecule has 1 N–H and O–H groups in total. The standard InChI is InChI=1S/C15H15N5OS2/c1-10-11(8-20(2)19-10)7-16-18-14(21)9-22-15-17-12-5-3-4-6-13(12)23-15/h3-8H,9H2,1-2H3,(H,18,21)/b16-7+. The zero-order valence-electron chi connectivity index (χ0n) is 12.7. The molecule has 0 bridgehead atoms. The van der Waals surface area contributed by atoms with Crippen molar-refractivity contribution in [3.63, 3.8) is 0 Å². The van der Waals surface area contributed by atoms with Gasteiger partial charge in [0.05, 0.1) is 27.9 Å².